The molecule has 0 aromatic heterocycles. The highest BCUT2D eigenvalue weighted by atomic mass is 16.5. The van der Waals surface area contributed by atoms with Gasteiger partial charge in [-0.25, -0.2) is 0 Å². The fourth-order valence-corrected chi connectivity index (χ4v) is 3.34. The first kappa shape index (κ1) is 11.5. The highest BCUT2D eigenvalue weighted by molar-refractivity contribution is 5.82. The molecule has 3 rings (SSSR count). The molecule has 4 nitrogen and oxygen atoms in total. The van der Waals surface area contributed by atoms with Gasteiger partial charge in [0.05, 0.1) is 12.6 Å². The smallest absolute Gasteiger partial charge is 0.239 e. The number of piperidine rings is 2. The normalized spacial score (nSPS) is 37.9. The summed E-state index contributed by atoms with van der Waals surface area (Å²) in [6, 6.07) is 0.0858. The van der Waals surface area contributed by atoms with Crippen LogP contribution in [0.2, 0.25) is 0 Å². The van der Waals surface area contributed by atoms with E-state index in [-0.39, 0.29) is 6.04 Å². The Morgan fingerprint density at radius 1 is 1.18 bits per heavy atom. The number of nitrogens with one attached hydrogen (secondary N) is 1. The summed E-state index contributed by atoms with van der Waals surface area (Å²) in [5.74, 6) is 1.63. The molecule has 0 spiro atoms. The van der Waals surface area contributed by atoms with Gasteiger partial charge in [0.25, 0.3) is 0 Å². The van der Waals surface area contributed by atoms with Crippen molar-refractivity contribution in [3.05, 3.63) is 0 Å². The van der Waals surface area contributed by atoms with Gasteiger partial charge >= 0.3 is 0 Å². The number of rotatable bonds is 1. The second-order valence-corrected chi connectivity index (χ2v) is 5.63. The molecule has 1 N–H and O–H groups in total. The Bertz CT molecular complexity index is 289. The molecule has 0 saturated carbocycles. The van der Waals surface area contributed by atoms with Crippen molar-refractivity contribution >= 4 is 5.91 Å². The number of ether oxygens (including phenoxy) is 1. The molecule has 3 atom stereocenters. The van der Waals surface area contributed by atoms with Crippen molar-refractivity contribution in [1.29, 1.82) is 0 Å². The molecule has 3 saturated heterocycles. The summed E-state index contributed by atoms with van der Waals surface area (Å²) in [6.45, 7) is 4.61. The van der Waals surface area contributed by atoms with E-state index < -0.39 is 0 Å². The van der Waals surface area contributed by atoms with Crippen molar-refractivity contribution in [3.63, 3.8) is 0 Å². The van der Waals surface area contributed by atoms with Crippen LogP contribution < -0.4 is 5.32 Å². The molecular weight excluding hydrogens is 216 g/mol. The van der Waals surface area contributed by atoms with Gasteiger partial charge in [-0.05, 0) is 31.7 Å². The minimum atomic E-state index is 0.0858. The van der Waals surface area contributed by atoms with Crippen LogP contribution in [0.5, 0.6) is 0 Å². The summed E-state index contributed by atoms with van der Waals surface area (Å²) < 4.78 is 5.51. The fourth-order valence-electron chi connectivity index (χ4n) is 3.34. The van der Waals surface area contributed by atoms with Crippen LogP contribution in [0.4, 0.5) is 0 Å². The van der Waals surface area contributed by atoms with Gasteiger partial charge in [-0.15, -0.1) is 0 Å². The third-order valence-corrected chi connectivity index (χ3v) is 4.48. The standard InChI is InChI=1S/C13H22N2O2/c16-13(12-3-1-2-5-14-12)15-6-4-10-8-17-9-11(10)7-15/h10-12,14H,1-9H2/t10-,11+,12+/m1/s1. The monoisotopic (exact) mass is 238 g/mol. The average Bonchev–Trinajstić information content (AvgIpc) is 2.86. The lowest BCUT2D eigenvalue weighted by molar-refractivity contribution is -0.136. The first-order chi connectivity index (χ1) is 8.34. The Hall–Kier alpha value is -0.610. The molecule has 0 bridgehead atoms. The summed E-state index contributed by atoms with van der Waals surface area (Å²) in [5, 5.41) is 3.35. The van der Waals surface area contributed by atoms with Gasteiger partial charge < -0.3 is 15.0 Å². The molecule has 3 heterocycles. The van der Waals surface area contributed by atoms with Crippen molar-refractivity contribution in [2.75, 3.05) is 32.8 Å². The Labute approximate surface area is 103 Å². The molecule has 0 unspecified atom stereocenters. The van der Waals surface area contributed by atoms with Gasteiger partial charge in [0, 0.05) is 25.6 Å². The quantitative estimate of drug-likeness (QED) is 0.728. The van der Waals surface area contributed by atoms with E-state index in [2.05, 4.69) is 10.2 Å². The Morgan fingerprint density at radius 3 is 2.88 bits per heavy atom. The summed E-state index contributed by atoms with van der Waals surface area (Å²) >= 11 is 0. The third-order valence-electron chi connectivity index (χ3n) is 4.48. The van der Waals surface area contributed by atoms with E-state index in [1.807, 2.05) is 0 Å². The number of hydrogen-bond donors (Lipinski definition) is 1. The van der Waals surface area contributed by atoms with Gasteiger partial charge in [-0.3, -0.25) is 4.79 Å². The molecule has 0 aliphatic carbocycles. The van der Waals surface area contributed by atoms with Crippen molar-refractivity contribution in [1.82, 2.24) is 10.2 Å². The van der Waals surface area contributed by atoms with E-state index in [0.29, 0.717) is 17.7 Å². The van der Waals surface area contributed by atoms with E-state index in [4.69, 9.17) is 4.74 Å². The lowest BCUT2D eigenvalue weighted by atomic mass is 9.88. The maximum Gasteiger partial charge on any atom is 0.239 e. The van der Waals surface area contributed by atoms with E-state index in [1.54, 1.807) is 0 Å². The number of nitrogens with zero attached hydrogens (tertiary/aromatic N) is 1. The van der Waals surface area contributed by atoms with Crippen LogP contribution in [0, 0.1) is 11.8 Å². The predicted molar refractivity (Wildman–Crippen MR) is 64.6 cm³/mol. The lowest BCUT2D eigenvalue weighted by Gasteiger charge is -2.37. The van der Waals surface area contributed by atoms with Gasteiger partial charge in [0.2, 0.25) is 5.91 Å². The first-order valence-corrected chi connectivity index (χ1v) is 6.94. The van der Waals surface area contributed by atoms with Gasteiger partial charge in [-0.1, -0.05) is 6.42 Å². The molecule has 1 amide bonds. The van der Waals surface area contributed by atoms with Crippen molar-refractivity contribution in [2.24, 2.45) is 11.8 Å². The molecule has 0 aromatic rings. The highest BCUT2D eigenvalue weighted by Crippen LogP contribution is 2.29. The van der Waals surface area contributed by atoms with Crippen molar-refractivity contribution in [2.45, 2.75) is 31.7 Å². The Kier molecular flexibility index (Phi) is 3.34. The molecule has 0 radical (unpaired) electrons. The largest absolute Gasteiger partial charge is 0.381 e. The number of fused-ring (bicyclic) bond motifs is 1. The number of likely N-dealkylation sites (tertiary alicyclic amines) is 1. The second-order valence-electron chi connectivity index (χ2n) is 5.63. The molecule has 3 fully saturated rings. The summed E-state index contributed by atoms with van der Waals surface area (Å²) in [5.41, 5.74) is 0. The number of carbonyl (C=O) groups excluding carboxylic acids is 1. The van der Waals surface area contributed by atoms with Crippen molar-refractivity contribution in [3.8, 4) is 0 Å². The molecule has 0 aromatic carbocycles. The summed E-state index contributed by atoms with van der Waals surface area (Å²) in [4.78, 5) is 14.4. The van der Waals surface area contributed by atoms with E-state index in [0.717, 1.165) is 45.7 Å². The minimum Gasteiger partial charge on any atom is -0.381 e. The minimum absolute atomic E-state index is 0.0858. The zero-order chi connectivity index (χ0) is 11.7. The number of carbonyl (C=O) groups is 1. The zero-order valence-corrected chi connectivity index (χ0v) is 10.4. The molecular formula is C13H22N2O2. The lowest BCUT2D eigenvalue weighted by Crippen LogP contribution is -2.52. The highest BCUT2D eigenvalue weighted by Gasteiger charge is 2.37. The average molecular weight is 238 g/mol. The summed E-state index contributed by atoms with van der Waals surface area (Å²) in [6.07, 6.45) is 4.54. The van der Waals surface area contributed by atoms with Crippen LogP contribution in [0.1, 0.15) is 25.7 Å². The van der Waals surface area contributed by atoms with Gasteiger partial charge in [-0.2, -0.15) is 0 Å². The van der Waals surface area contributed by atoms with Crippen LogP contribution in [0.15, 0.2) is 0 Å². The van der Waals surface area contributed by atoms with E-state index in [9.17, 15) is 4.79 Å². The first-order valence-electron chi connectivity index (χ1n) is 6.94. The molecule has 3 aliphatic heterocycles. The SMILES string of the molecule is O=C([C@@H]1CCCCN1)N1CC[C@@H]2COC[C@@H]2C1. The van der Waals surface area contributed by atoms with Gasteiger partial charge in [0.15, 0.2) is 0 Å². The maximum atomic E-state index is 12.4. The topological polar surface area (TPSA) is 41.6 Å². The van der Waals surface area contributed by atoms with Crippen LogP contribution >= 0.6 is 0 Å². The predicted octanol–water partition coefficient (Wildman–Crippen LogP) is 0.623. The number of amides is 1. The summed E-state index contributed by atoms with van der Waals surface area (Å²) in [7, 11) is 0. The van der Waals surface area contributed by atoms with Crippen LogP contribution in [0.25, 0.3) is 0 Å². The molecule has 4 heteroatoms. The third kappa shape index (κ3) is 2.33. The fraction of sp³-hybridized carbons (Fsp3) is 0.923. The molecule has 17 heavy (non-hydrogen) atoms. The molecule has 96 valence electrons. The van der Waals surface area contributed by atoms with E-state index in [1.165, 1.54) is 12.8 Å². The zero-order valence-electron chi connectivity index (χ0n) is 10.4. The second kappa shape index (κ2) is 4.94. The van der Waals surface area contributed by atoms with E-state index >= 15 is 0 Å². The van der Waals surface area contributed by atoms with Crippen LogP contribution in [-0.2, 0) is 9.53 Å². The van der Waals surface area contributed by atoms with Crippen LogP contribution in [0.3, 0.4) is 0 Å². The Morgan fingerprint density at radius 2 is 2.06 bits per heavy atom. The van der Waals surface area contributed by atoms with Gasteiger partial charge in [0.1, 0.15) is 0 Å². The van der Waals surface area contributed by atoms with Crippen LogP contribution in [-0.4, -0.2) is 49.7 Å². The number of hydrogen-bond acceptors (Lipinski definition) is 3. The molecule has 3 aliphatic rings. The van der Waals surface area contributed by atoms with Crippen molar-refractivity contribution < 1.29 is 9.53 Å². The Balaban J connectivity index is 1.58. The maximum absolute atomic E-state index is 12.4.